The predicted octanol–water partition coefficient (Wildman–Crippen LogP) is 3.16. The number of aliphatic hydroxyl groups is 1. The van der Waals surface area contributed by atoms with Crippen LogP contribution in [0.3, 0.4) is 0 Å². The molecule has 1 saturated carbocycles. The maximum Gasteiger partial charge on any atom is 0.229 e. The van der Waals surface area contributed by atoms with Gasteiger partial charge in [0.05, 0.1) is 19.0 Å². The van der Waals surface area contributed by atoms with Crippen LogP contribution in [0.4, 0.5) is 28.8 Å². The Morgan fingerprint density at radius 2 is 2.09 bits per heavy atom. The number of carbonyl (C=O) groups is 1. The molecule has 1 fully saturated rings. The highest BCUT2D eigenvalue weighted by molar-refractivity contribution is 5.97. The standard InChI is InChI=1S/C24H34N6O3/c1-28(12-6-14-31)18-9-10-19(21(15-18)33-3)26-24-25-16-20-23(27-24)30(17-7-4-5-8-17)13-11-22(32)29(20)2/h9-10,15-17,31H,4-8,11-14H2,1-3H3,(H,25,26,27). The third kappa shape index (κ3) is 4.98. The Hall–Kier alpha value is -3.07. The van der Waals surface area contributed by atoms with Gasteiger partial charge in [-0.2, -0.15) is 4.98 Å². The van der Waals surface area contributed by atoms with Gasteiger partial charge in [-0.3, -0.25) is 4.79 Å². The number of carbonyl (C=O) groups excluding carboxylic acids is 1. The second-order valence-corrected chi connectivity index (χ2v) is 8.75. The van der Waals surface area contributed by atoms with E-state index in [1.54, 1.807) is 25.3 Å². The Balaban J connectivity index is 1.62. The van der Waals surface area contributed by atoms with Crippen LogP contribution in [0, 0.1) is 0 Å². The van der Waals surface area contributed by atoms with Gasteiger partial charge in [-0.1, -0.05) is 12.8 Å². The molecule has 0 spiro atoms. The Morgan fingerprint density at radius 1 is 1.30 bits per heavy atom. The highest BCUT2D eigenvalue weighted by atomic mass is 16.5. The second kappa shape index (κ2) is 10.2. The fraction of sp³-hybridized carbons (Fsp3) is 0.542. The zero-order valence-corrected chi connectivity index (χ0v) is 19.8. The van der Waals surface area contributed by atoms with E-state index in [0.717, 1.165) is 42.3 Å². The van der Waals surface area contributed by atoms with Gasteiger partial charge in [0.15, 0.2) is 5.82 Å². The lowest BCUT2D eigenvalue weighted by molar-refractivity contribution is -0.118. The highest BCUT2D eigenvalue weighted by Gasteiger charge is 2.31. The first-order chi connectivity index (χ1) is 16.0. The largest absolute Gasteiger partial charge is 0.494 e. The SMILES string of the molecule is COc1cc(N(C)CCCO)ccc1Nc1ncc2c(n1)N(C1CCCC1)CCC(=O)N2C. The molecule has 2 heterocycles. The molecule has 1 aliphatic heterocycles. The van der Waals surface area contributed by atoms with E-state index in [9.17, 15) is 4.79 Å². The molecule has 2 N–H and O–H groups in total. The van der Waals surface area contributed by atoms with Gasteiger partial charge in [0, 0.05) is 58.0 Å². The summed E-state index contributed by atoms with van der Waals surface area (Å²) >= 11 is 0. The molecule has 178 valence electrons. The number of fused-ring (bicyclic) bond motifs is 1. The average molecular weight is 455 g/mol. The van der Waals surface area contributed by atoms with Crippen LogP contribution in [-0.4, -0.2) is 67.9 Å². The lowest BCUT2D eigenvalue weighted by Crippen LogP contribution is -2.34. The lowest BCUT2D eigenvalue weighted by atomic mass is 10.2. The van der Waals surface area contributed by atoms with Gasteiger partial charge in [0.2, 0.25) is 11.9 Å². The first-order valence-corrected chi connectivity index (χ1v) is 11.7. The van der Waals surface area contributed by atoms with E-state index in [-0.39, 0.29) is 12.5 Å². The smallest absolute Gasteiger partial charge is 0.229 e. The van der Waals surface area contributed by atoms with Crippen LogP contribution in [0.2, 0.25) is 0 Å². The summed E-state index contributed by atoms with van der Waals surface area (Å²) < 4.78 is 5.62. The van der Waals surface area contributed by atoms with Gasteiger partial charge in [-0.25, -0.2) is 4.98 Å². The van der Waals surface area contributed by atoms with Crippen LogP contribution < -0.4 is 24.8 Å². The van der Waals surface area contributed by atoms with E-state index in [1.807, 2.05) is 25.2 Å². The number of anilines is 5. The van der Waals surface area contributed by atoms with Gasteiger partial charge in [0.1, 0.15) is 11.4 Å². The Bertz CT molecular complexity index is 979. The third-order valence-corrected chi connectivity index (χ3v) is 6.61. The van der Waals surface area contributed by atoms with Gasteiger partial charge in [-0.15, -0.1) is 0 Å². The van der Waals surface area contributed by atoms with E-state index < -0.39 is 0 Å². The number of hydrogen-bond acceptors (Lipinski definition) is 8. The van der Waals surface area contributed by atoms with Crippen LogP contribution in [-0.2, 0) is 4.79 Å². The highest BCUT2D eigenvalue weighted by Crippen LogP contribution is 2.37. The number of aromatic nitrogens is 2. The molecule has 2 aliphatic rings. The molecule has 9 nitrogen and oxygen atoms in total. The molecule has 2 aromatic rings. The van der Waals surface area contributed by atoms with Crippen molar-refractivity contribution in [2.75, 3.05) is 60.9 Å². The normalized spacial score (nSPS) is 16.5. The van der Waals surface area contributed by atoms with Crippen LogP contribution in [0.15, 0.2) is 24.4 Å². The molecule has 1 aromatic carbocycles. The van der Waals surface area contributed by atoms with E-state index in [4.69, 9.17) is 14.8 Å². The number of hydrogen-bond donors (Lipinski definition) is 2. The zero-order chi connectivity index (χ0) is 23.4. The number of methoxy groups -OCH3 is 1. The molecular weight excluding hydrogens is 420 g/mol. The molecule has 0 saturated heterocycles. The van der Waals surface area contributed by atoms with Crippen molar-refractivity contribution < 1.29 is 14.6 Å². The second-order valence-electron chi connectivity index (χ2n) is 8.75. The number of amides is 1. The Morgan fingerprint density at radius 3 is 2.82 bits per heavy atom. The molecule has 0 radical (unpaired) electrons. The van der Waals surface area contributed by atoms with Crippen molar-refractivity contribution in [2.45, 2.75) is 44.6 Å². The van der Waals surface area contributed by atoms with E-state index >= 15 is 0 Å². The van der Waals surface area contributed by atoms with Crippen LogP contribution in [0.25, 0.3) is 0 Å². The molecule has 33 heavy (non-hydrogen) atoms. The molecule has 0 unspecified atom stereocenters. The van der Waals surface area contributed by atoms with E-state index in [2.05, 4.69) is 20.1 Å². The average Bonchev–Trinajstić information content (AvgIpc) is 3.33. The summed E-state index contributed by atoms with van der Waals surface area (Å²) in [7, 11) is 5.42. The molecule has 4 rings (SSSR count). The van der Waals surface area contributed by atoms with Gasteiger partial charge >= 0.3 is 0 Å². The summed E-state index contributed by atoms with van der Waals surface area (Å²) in [5, 5.41) is 12.4. The summed E-state index contributed by atoms with van der Waals surface area (Å²) in [6.45, 7) is 1.59. The molecule has 0 atom stereocenters. The minimum Gasteiger partial charge on any atom is -0.494 e. The van der Waals surface area contributed by atoms with Crippen molar-refractivity contribution in [3.63, 3.8) is 0 Å². The molecule has 0 bridgehead atoms. The van der Waals surface area contributed by atoms with E-state index in [0.29, 0.717) is 37.1 Å². The lowest BCUT2D eigenvalue weighted by Gasteiger charge is -2.30. The topological polar surface area (TPSA) is 94.1 Å². The molecule has 9 heteroatoms. The minimum atomic E-state index is 0.0867. The summed E-state index contributed by atoms with van der Waals surface area (Å²) in [6, 6.07) is 6.32. The van der Waals surface area contributed by atoms with Crippen molar-refractivity contribution in [1.82, 2.24) is 9.97 Å². The van der Waals surface area contributed by atoms with Crippen LogP contribution >= 0.6 is 0 Å². The Kier molecular flexibility index (Phi) is 7.17. The maximum atomic E-state index is 12.5. The summed E-state index contributed by atoms with van der Waals surface area (Å²) in [6.07, 6.45) is 7.60. The fourth-order valence-corrected chi connectivity index (χ4v) is 4.65. The fourth-order valence-electron chi connectivity index (χ4n) is 4.65. The van der Waals surface area contributed by atoms with Crippen molar-refractivity contribution in [2.24, 2.45) is 0 Å². The summed E-state index contributed by atoms with van der Waals surface area (Å²) in [4.78, 5) is 28.0. The maximum absolute atomic E-state index is 12.5. The minimum absolute atomic E-state index is 0.0867. The zero-order valence-electron chi connectivity index (χ0n) is 19.8. The summed E-state index contributed by atoms with van der Waals surface area (Å²) in [5.74, 6) is 2.05. The summed E-state index contributed by atoms with van der Waals surface area (Å²) in [5.41, 5.74) is 2.52. The molecule has 1 aliphatic carbocycles. The van der Waals surface area contributed by atoms with Gasteiger partial charge in [-0.05, 0) is 31.4 Å². The molecule has 1 amide bonds. The van der Waals surface area contributed by atoms with Crippen molar-refractivity contribution in [1.29, 1.82) is 0 Å². The number of nitrogens with zero attached hydrogens (tertiary/aromatic N) is 5. The number of benzene rings is 1. The monoisotopic (exact) mass is 454 g/mol. The van der Waals surface area contributed by atoms with Crippen molar-refractivity contribution >= 4 is 34.7 Å². The first kappa shape index (κ1) is 23.1. The van der Waals surface area contributed by atoms with Gasteiger partial charge < -0.3 is 29.9 Å². The molecule has 1 aromatic heterocycles. The van der Waals surface area contributed by atoms with Crippen molar-refractivity contribution in [3.8, 4) is 5.75 Å². The van der Waals surface area contributed by atoms with Crippen LogP contribution in [0.5, 0.6) is 5.75 Å². The number of rotatable bonds is 8. The number of nitrogens with one attached hydrogen (secondary N) is 1. The molecular formula is C24H34N6O3. The predicted molar refractivity (Wildman–Crippen MR) is 131 cm³/mol. The number of ether oxygens (including phenoxy) is 1. The van der Waals surface area contributed by atoms with Crippen LogP contribution in [0.1, 0.15) is 38.5 Å². The van der Waals surface area contributed by atoms with Crippen molar-refractivity contribution in [3.05, 3.63) is 24.4 Å². The quantitative estimate of drug-likeness (QED) is 0.628. The number of aliphatic hydroxyl groups excluding tert-OH is 1. The Labute approximate surface area is 195 Å². The third-order valence-electron chi connectivity index (χ3n) is 6.61. The van der Waals surface area contributed by atoms with Gasteiger partial charge in [0.25, 0.3) is 0 Å². The first-order valence-electron chi connectivity index (χ1n) is 11.7. The van der Waals surface area contributed by atoms with E-state index in [1.165, 1.54) is 12.8 Å².